The van der Waals surface area contributed by atoms with Crippen LogP contribution in [0.5, 0.6) is 0 Å². The van der Waals surface area contributed by atoms with Crippen LogP contribution in [0.4, 0.5) is 0 Å². The van der Waals surface area contributed by atoms with Crippen molar-refractivity contribution >= 4 is 12.2 Å². The third-order valence-electron chi connectivity index (χ3n) is 2.85. The van der Waals surface area contributed by atoms with E-state index in [1.165, 1.54) is 12.0 Å². The van der Waals surface area contributed by atoms with Crippen molar-refractivity contribution in [1.82, 2.24) is 4.90 Å². The summed E-state index contributed by atoms with van der Waals surface area (Å²) in [7, 11) is 1.42. The third kappa shape index (κ3) is 2.27. The van der Waals surface area contributed by atoms with Gasteiger partial charge in [0.1, 0.15) is 12.3 Å². The number of carbonyl (C=O) groups excluding carboxylic acids is 2. The Kier molecular flexibility index (Phi) is 3.75. The Morgan fingerprint density at radius 3 is 2.72 bits per heavy atom. The fraction of sp³-hybridized carbons (Fsp3) is 0.286. The molecule has 0 aliphatic carbocycles. The Hall–Kier alpha value is -2.12. The minimum absolute atomic E-state index is 0.183. The second-order valence-corrected chi connectivity index (χ2v) is 3.92. The van der Waals surface area contributed by atoms with E-state index in [2.05, 4.69) is 11.8 Å². The highest BCUT2D eigenvalue weighted by Gasteiger charge is 2.47. The van der Waals surface area contributed by atoms with Crippen LogP contribution < -0.4 is 0 Å². The van der Waals surface area contributed by atoms with Gasteiger partial charge in [-0.3, -0.25) is 4.79 Å². The van der Waals surface area contributed by atoms with E-state index < -0.39 is 12.1 Å². The van der Waals surface area contributed by atoms with Gasteiger partial charge in [-0.15, -0.1) is 0 Å². The van der Waals surface area contributed by atoms with Gasteiger partial charge in [0.05, 0.1) is 6.54 Å². The molecule has 4 heteroatoms. The zero-order chi connectivity index (χ0) is 13.0. The summed E-state index contributed by atoms with van der Waals surface area (Å²) in [6.07, 6.45) is 0.0840. The highest BCUT2D eigenvalue weighted by Crippen LogP contribution is 2.20. The number of carbonyl (C=O) groups is 2. The summed E-state index contributed by atoms with van der Waals surface area (Å²) in [6.45, 7) is 0.247. The van der Waals surface area contributed by atoms with Crippen molar-refractivity contribution in [1.29, 1.82) is 0 Å². The summed E-state index contributed by atoms with van der Waals surface area (Å²) >= 11 is 0. The molecular weight excluding hydrogens is 230 g/mol. The standard InChI is InChI=1S/C14H13NO3/c1-18-13-12(10-16)15(14(13)17)9-5-8-11-6-3-2-4-7-11/h2-4,6-7,10,12-13H,9H2,1H3/t12-,13+/m0/s1. The number of β-lactam (4-membered cyclic amide) rings is 1. The van der Waals surface area contributed by atoms with Crippen molar-refractivity contribution in [3.8, 4) is 11.8 Å². The molecule has 1 amide bonds. The van der Waals surface area contributed by atoms with Crippen molar-refractivity contribution in [2.24, 2.45) is 0 Å². The van der Waals surface area contributed by atoms with E-state index in [0.717, 1.165) is 11.8 Å². The topological polar surface area (TPSA) is 46.6 Å². The van der Waals surface area contributed by atoms with Gasteiger partial charge >= 0.3 is 0 Å². The number of methoxy groups -OCH3 is 1. The molecule has 0 bridgehead atoms. The molecule has 0 N–H and O–H groups in total. The second-order valence-electron chi connectivity index (χ2n) is 3.92. The highest BCUT2D eigenvalue weighted by molar-refractivity contribution is 5.95. The molecule has 1 aliphatic heterocycles. The first-order valence-corrected chi connectivity index (χ1v) is 5.60. The van der Waals surface area contributed by atoms with E-state index in [4.69, 9.17) is 4.74 Å². The van der Waals surface area contributed by atoms with Gasteiger partial charge < -0.3 is 14.4 Å². The third-order valence-corrected chi connectivity index (χ3v) is 2.85. The molecule has 0 saturated carbocycles. The van der Waals surface area contributed by atoms with Crippen LogP contribution in [0.2, 0.25) is 0 Å². The number of ether oxygens (including phenoxy) is 1. The molecule has 2 rings (SSSR count). The molecule has 92 valence electrons. The van der Waals surface area contributed by atoms with Crippen LogP contribution in [-0.4, -0.2) is 42.9 Å². The molecular formula is C14H13NO3. The van der Waals surface area contributed by atoms with Gasteiger partial charge in [0, 0.05) is 12.7 Å². The maximum absolute atomic E-state index is 11.6. The summed E-state index contributed by atoms with van der Waals surface area (Å²) in [4.78, 5) is 23.8. The maximum atomic E-state index is 11.6. The zero-order valence-corrected chi connectivity index (χ0v) is 10.00. The largest absolute Gasteiger partial charge is 0.369 e. The summed E-state index contributed by atoms with van der Waals surface area (Å²) < 4.78 is 4.93. The summed E-state index contributed by atoms with van der Waals surface area (Å²) in [5.74, 6) is 5.64. The predicted octanol–water partition coefficient (Wildman–Crippen LogP) is 0.463. The SMILES string of the molecule is CO[C@H]1C(=O)N(CC#Cc2ccccc2)[C@H]1C=O. The average molecular weight is 243 g/mol. The van der Waals surface area contributed by atoms with Gasteiger partial charge in [0.25, 0.3) is 5.91 Å². The molecule has 0 unspecified atom stereocenters. The molecule has 0 radical (unpaired) electrons. The lowest BCUT2D eigenvalue weighted by molar-refractivity contribution is -0.169. The molecule has 2 atom stereocenters. The Morgan fingerprint density at radius 2 is 2.11 bits per heavy atom. The lowest BCUT2D eigenvalue weighted by atomic mass is 9.99. The quantitative estimate of drug-likeness (QED) is 0.440. The van der Waals surface area contributed by atoms with Crippen LogP contribution in [-0.2, 0) is 14.3 Å². The Bertz CT molecular complexity index is 501. The molecule has 1 heterocycles. The lowest BCUT2D eigenvalue weighted by Gasteiger charge is -2.41. The molecule has 0 aromatic heterocycles. The minimum atomic E-state index is -0.638. The first-order valence-electron chi connectivity index (χ1n) is 5.60. The van der Waals surface area contributed by atoms with Crippen molar-refractivity contribution in [3.63, 3.8) is 0 Å². The van der Waals surface area contributed by atoms with Gasteiger partial charge in [-0.05, 0) is 12.1 Å². The van der Waals surface area contributed by atoms with Crippen molar-refractivity contribution in [3.05, 3.63) is 35.9 Å². The number of likely N-dealkylation sites (tertiary alicyclic amines) is 1. The summed E-state index contributed by atoms with van der Waals surface area (Å²) in [5, 5.41) is 0. The maximum Gasteiger partial charge on any atom is 0.255 e. The molecule has 1 saturated heterocycles. The van der Waals surface area contributed by atoms with E-state index in [1.54, 1.807) is 0 Å². The first kappa shape index (κ1) is 12.3. The molecule has 4 nitrogen and oxygen atoms in total. The zero-order valence-electron chi connectivity index (χ0n) is 10.00. The van der Waals surface area contributed by atoms with Crippen molar-refractivity contribution in [2.75, 3.05) is 13.7 Å². The molecule has 0 spiro atoms. The first-order chi connectivity index (χ1) is 8.77. The van der Waals surface area contributed by atoms with Gasteiger partial charge in [-0.2, -0.15) is 0 Å². The Balaban J connectivity index is 1.98. The molecule has 1 aromatic rings. The summed E-state index contributed by atoms with van der Waals surface area (Å²) in [5.41, 5.74) is 0.886. The smallest absolute Gasteiger partial charge is 0.255 e. The molecule has 1 aromatic carbocycles. The normalized spacial score (nSPS) is 21.8. The number of nitrogens with zero attached hydrogens (tertiary/aromatic N) is 1. The van der Waals surface area contributed by atoms with E-state index in [1.807, 2.05) is 30.3 Å². The molecule has 1 fully saturated rings. The van der Waals surface area contributed by atoms with Gasteiger partial charge in [0.15, 0.2) is 6.10 Å². The van der Waals surface area contributed by atoms with Crippen LogP contribution >= 0.6 is 0 Å². The van der Waals surface area contributed by atoms with Crippen LogP contribution in [0.3, 0.4) is 0 Å². The number of hydrogen-bond acceptors (Lipinski definition) is 3. The van der Waals surface area contributed by atoms with Crippen LogP contribution in [0.25, 0.3) is 0 Å². The fourth-order valence-corrected chi connectivity index (χ4v) is 1.85. The number of hydrogen-bond donors (Lipinski definition) is 0. The number of rotatable bonds is 3. The summed E-state index contributed by atoms with van der Waals surface area (Å²) in [6, 6.07) is 8.98. The van der Waals surface area contributed by atoms with Crippen LogP contribution in [0.15, 0.2) is 30.3 Å². The van der Waals surface area contributed by atoms with Gasteiger partial charge in [-0.25, -0.2) is 0 Å². The number of benzene rings is 1. The average Bonchev–Trinajstić information content (AvgIpc) is 2.41. The van der Waals surface area contributed by atoms with Gasteiger partial charge in [0.2, 0.25) is 0 Å². The number of aldehydes is 1. The van der Waals surface area contributed by atoms with Crippen LogP contribution in [0.1, 0.15) is 5.56 Å². The van der Waals surface area contributed by atoms with E-state index in [0.29, 0.717) is 0 Å². The van der Waals surface area contributed by atoms with E-state index in [9.17, 15) is 9.59 Å². The Morgan fingerprint density at radius 1 is 1.39 bits per heavy atom. The minimum Gasteiger partial charge on any atom is -0.369 e. The Labute approximate surface area is 106 Å². The monoisotopic (exact) mass is 243 g/mol. The van der Waals surface area contributed by atoms with E-state index >= 15 is 0 Å². The number of amides is 1. The predicted molar refractivity (Wildman–Crippen MR) is 65.7 cm³/mol. The van der Waals surface area contributed by atoms with Gasteiger partial charge in [-0.1, -0.05) is 30.0 Å². The van der Waals surface area contributed by atoms with Crippen molar-refractivity contribution in [2.45, 2.75) is 12.1 Å². The fourth-order valence-electron chi connectivity index (χ4n) is 1.85. The van der Waals surface area contributed by atoms with E-state index in [-0.39, 0.29) is 12.5 Å². The highest BCUT2D eigenvalue weighted by atomic mass is 16.5. The molecule has 1 aliphatic rings. The molecule has 18 heavy (non-hydrogen) atoms. The lowest BCUT2D eigenvalue weighted by Crippen LogP contribution is -2.66. The van der Waals surface area contributed by atoms with Crippen molar-refractivity contribution < 1.29 is 14.3 Å². The second kappa shape index (κ2) is 5.48. The van der Waals surface area contributed by atoms with Crippen LogP contribution in [0, 0.1) is 11.8 Å².